The summed E-state index contributed by atoms with van der Waals surface area (Å²) in [6, 6.07) is 0. The molecule has 81 valence electrons. The molecule has 0 spiro atoms. The molecule has 0 atom stereocenters. The van der Waals surface area contributed by atoms with Gasteiger partial charge in [-0.25, -0.2) is 0 Å². The zero-order valence-electron chi connectivity index (χ0n) is 8.97. The van der Waals surface area contributed by atoms with E-state index < -0.39 is 0 Å². The average molecular weight is 198 g/mol. The molecule has 1 N–H and O–H groups in total. The van der Waals surface area contributed by atoms with Gasteiger partial charge in [0.05, 0.1) is 13.0 Å². The van der Waals surface area contributed by atoms with Gasteiger partial charge in [0.1, 0.15) is 0 Å². The highest BCUT2D eigenvalue weighted by atomic mass is 16.5. The standard InChI is InChI=1S/C11H20NO2/c1-3-5-6-7-10(12)8-9-11(13)14-4-2/h12H,1,3-9H2,2H3. The van der Waals surface area contributed by atoms with E-state index in [4.69, 9.17) is 10.1 Å². The maximum atomic E-state index is 10.9. The summed E-state index contributed by atoms with van der Waals surface area (Å²) >= 11 is 0. The van der Waals surface area contributed by atoms with Gasteiger partial charge in [-0.05, 0) is 26.2 Å². The summed E-state index contributed by atoms with van der Waals surface area (Å²) < 4.78 is 4.77. The van der Waals surface area contributed by atoms with E-state index in [9.17, 15) is 4.79 Å². The van der Waals surface area contributed by atoms with Crippen molar-refractivity contribution in [1.82, 2.24) is 0 Å². The summed E-state index contributed by atoms with van der Waals surface area (Å²) in [5.74, 6) is -0.200. The lowest BCUT2D eigenvalue weighted by atomic mass is 10.1. The molecule has 0 aromatic carbocycles. The van der Waals surface area contributed by atoms with Crippen LogP contribution in [0.1, 0.15) is 45.4 Å². The van der Waals surface area contributed by atoms with Crippen molar-refractivity contribution in [3.8, 4) is 0 Å². The van der Waals surface area contributed by atoms with E-state index in [-0.39, 0.29) is 5.97 Å². The Morgan fingerprint density at radius 2 is 2.00 bits per heavy atom. The second-order valence-corrected chi connectivity index (χ2v) is 3.22. The molecule has 0 aliphatic heterocycles. The fourth-order valence-corrected chi connectivity index (χ4v) is 1.13. The van der Waals surface area contributed by atoms with Crippen LogP contribution in [0.5, 0.6) is 0 Å². The maximum Gasteiger partial charge on any atom is 0.306 e. The highest BCUT2D eigenvalue weighted by Gasteiger charge is 2.04. The van der Waals surface area contributed by atoms with E-state index in [2.05, 4.69) is 6.92 Å². The topological polar surface area (TPSA) is 50.2 Å². The van der Waals surface area contributed by atoms with Gasteiger partial charge in [0.15, 0.2) is 0 Å². The zero-order chi connectivity index (χ0) is 10.8. The molecular weight excluding hydrogens is 178 g/mol. The Balaban J connectivity index is 3.39. The molecule has 0 bridgehead atoms. The van der Waals surface area contributed by atoms with Crippen molar-refractivity contribution in [2.24, 2.45) is 0 Å². The molecule has 14 heavy (non-hydrogen) atoms. The van der Waals surface area contributed by atoms with E-state index in [1.807, 2.05) is 0 Å². The highest BCUT2D eigenvalue weighted by Crippen LogP contribution is 2.04. The number of rotatable bonds is 8. The van der Waals surface area contributed by atoms with Crippen LogP contribution in [0.4, 0.5) is 0 Å². The number of carbonyl (C=O) groups is 1. The molecule has 0 rings (SSSR count). The first-order chi connectivity index (χ1) is 6.70. The van der Waals surface area contributed by atoms with Gasteiger partial charge in [-0.3, -0.25) is 4.79 Å². The summed E-state index contributed by atoms with van der Waals surface area (Å²) in [6.07, 6.45) is 4.65. The number of ether oxygens (including phenoxy) is 1. The summed E-state index contributed by atoms with van der Waals surface area (Å²) in [5, 5.41) is 7.56. The first kappa shape index (κ1) is 13.1. The third-order valence-electron chi connectivity index (χ3n) is 1.91. The Morgan fingerprint density at radius 1 is 1.29 bits per heavy atom. The fraction of sp³-hybridized carbons (Fsp3) is 0.727. The van der Waals surface area contributed by atoms with Crippen LogP contribution in [0.3, 0.4) is 0 Å². The minimum Gasteiger partial charge on any atom is -0.466 e. The fourth-order valence-electron chi connectivity index (χ4n) is 1.13. The molecule has 1 radical (unpaired) electrons. The number of hydrogen-bond donors (Lipinski definition) is 1. The smallest absolute Gasteiger partial charge is 0.306 e. The Labute approximate surface area is 86.3 Å². The number of unbranched alkanes of at least 4 members (excludes halogenated alkanes) is 2. The molecule has 0 saturated carbocycles. The van der Waals surface area contributed by atoms with E-state index in [1.54, 1.807) is 6.92 Å². The summed E-state index contributed by atoms with van der Waals surface area (Å²) in [4.78, 5) is 10.9. The molecule has 0 amide bonds. The average Bonchev–Trinajstić information content (AvgIpc) is 2.16. The third-order valence-corrected chi connectivity index (χ3v) is 1.91. The molecule has 0 heterocycles. The second kappa shape index (κ2) is 8.73. The van der Waals surface area contributed by atoms with E-state index >= 15 is 0 Å². The number of nitrogens with one attached hydrogen (secondary N) is 1. The van der Waals surface area contributed by atoms with Crippen molar-refractivity contribution >= 4 is 11.7 Å². The van der Waals surface area contributed by atoms with E-state index in [0.29, 0.717) is 25.2 Å². The third kappa shape index (κ3) is 7.77. The van der Waals surface area contributed by atoms with Gasteiger partial charge < -0.3 is 10.1 Å². The summed E-state index contributed by atoms with van der Waals surface area (Å²) in [7, 11) is 0. The molecule has 3 nitrogen and oxygen atoms in total. The normalized spacial score (nSPS) is 9.86. The second-order valence-electron chi connectivity index (χ2n) is 3.22. The maximum absolute atomic E-state index is 10.9. The molecule has 3 heteroatoms. The van der Waals surface area contributed by atoms with Gasteiger partial charge in [-0.1, -0.05) is 19.8 Å². The van der Waals surface area contributed by atoms with Gasteiger partial charge >= 0.3 is 5.97 Å². The van der Waals surface area contributed by atoms with Crippen molar-refractivity contribution in [3.05, 3.63) is 6.92 Å². The Hall–Kier alpha value is -0.860. The SMILES string of the molecule is [CH2]CCCCC(=N)CCC(=O)OCC. The lowest BCUT2D eigenvalue weighted by Gasteiger charge is -2.03. The molecule has 0 aromatic heterocycles. The minimum atomic E-state index is -0.200. The van der Waals surface area contributed by atoms with Gasteiger partial charge in [0, 0.05) is 5.71 Å². The molecule has 0 saturated heterocycles. The molecular formula is C11H20NO2. The Bertz CT molecular complexity index is 178. The first-order valence-corrected chi connectivity index (χ1v) is 5.21. The van der Waals surface area contributed by atoms with Crippen LogP contribution in [-0.2, 0) is 9.53 Å². The molecule has 0 unspecified atom stereocenters. The number of hydrogen-bond acceptors (Lipinski definition) is 3. The van der Waals surface area contributed by atoms with Crippen molar-refractivity contribution in [1.29, 1.82) is 5.41 Å². The van der Waals surface area contributed by atoms with Crippen LogP contribution in [0.15, 0.2) is 0 Å². The largest absolute Gasteiger partial charge is 0.466 e. The summed E-state index contributed by atoms with van der Waals surface area (Å²) in [6.45, 7) is 5.95. The molecule has 0 aliphatic carbocycles. The van der Waals surface area contributed by atoms with Crippen molar-refractivity contribution in [2.75, 3.05) is 6.61 Å². The van der Waals surface area contributed by atoms with Crippen LogP contribution >= 0.6 is 0 Å². The van der Waals surface area contributed by atoms with Crippen molar-refractivity contribution in [2.45, 2.75) is 45.4 Å². The van der Waals surface area contributed by atoms with Gasteiger partial charge in [-0.15, -0.1) is 0 Å². The molecule has 0 aliphatic rings. The Morgan fingerprint density at radius 3 is 2.57 bits per heavy atom. The van der Waals surface area contributed by atoms with Gasteiger partial charge in [-0.2, -0.15) is 0 Å². The van der Waals surface area contributed by atoms with E-state index in [0.717, 1.165) is 25.7 Å². The monoisotopic (exact) mass is 198 g/mol. The van der Waals surface area contributed by atoms with Crippen LogP contribution in [-0.4, -0.2) is 18.3 Å². The van der Waals surface area contributed by atoms with E-state index in [1.165, 1.54) is 0 Å². The lowest BCUT2D eigenvalue weighted by Crippen LogP contribution is -2.07. The molecule has 0 fully saturated rings. The van der Waals surface area contributed by atoms with Crippen LogP contribution < -0.4 is 0 Å². The van der Waals surface area contributed by atoms with Crippen LogP contribution in [0.25, 0.3) is 0 Å². The van der Waals surface area contributed by atoms with Crippen molar-refractivity contribution < 1.29 is 9.53 Å². The molecule has 0 aromatic rings. The van der Waals surface area contributed by atoms with Crippen LogP contribution in [0.2, 0.25) is 0 Å². The summed E-state index contributed by atoms with van der Waals surface area (Å²) in [5.41, 5.74) is 0.645. The predicted molar refractivity (Wildman–Crippen MR) is 57.4 cm³/mol. The lowest BCUT2D eigenvalue weighted by molar-refractivity contribution is -0.142. The minimum absolute atomic E-state index is 0.200. The highest BCUT2D eigenvalue weighted by molar-refractivity contribution is 5.84. The van der Waals surface area contributed by atoms with Gasteiger partial charge in [0.25, 0.3) is 0 Å². The number of esters is 1. The number of carbonyl (C=O) groups excluding carboxylic acids is 1. The zero-order valence-corrected chi connectivity index (χ0v) is 8.97. The van der Waals surface area contributed by atoms with Crippen LogP contribution in [0, 0.1) is 12.3 Å². The predicted octanol–water partition coefficient (Wildman–Crippen LogP) is 2.74. The Kier molecular flexibility index (Phi) is 8.19. The van der Waals surface area contributed by atoms with Crippen molar-refractivity contribution in [3.63, 3.8) is 0 Å². The quantitative estimate of drug-likeness (QED) is 0.370. The van der Waals surface area contributed by atoms with Gasteiger partial charge in [0.2, 0.25) is 0 Å². The first-order valence-electron chi connectivity index (χ1n) is 5.21.